The van der Waals surface area contributed by atoms with E-state index in [0.29, 0.717) is 5.56 Å². The Hall–Kier alpha value is -2.27. The van der Waals surface area contributed by atoms with Crippen LogP contribution in [0.5, 0.6) is 0 Å². The number of aryl methyl sites for hydroxylation is 3. The maximum Gasteiger partial charge on any atom is 0.305 e. The molecule has 0 aliphatic carbocycles. The summed E-state index contributed by atoms with van der Waals surface area (Å²) in [6.07, 6.45) is -0.467. The lowest BCUT2D eigenvalue weighted by Crippen LogP contribution is -2.17. The fourth-order valence-corrected chi connectivity index (χ4v) is 2.96. The van der Waals surface area contributed by atoms with Gasteiger partial charge in [-0.2, -0.15) is 0 Å². The zero-order valence-electron chi connectivity index (χ0n) is 13.3. The quantitative estimate of drug-likeness (QED) is 0.894. The van der Waals surface area contributed by atoms with Gasteiger partial charge in [0.25, 0.3) is 0 Å². The molecule has 3 nitrogen and oxygen atoms in total. The highest BCUT2D eigenvalue weighted by atomic mass is 19.2. The van der Waals surface area contributed by atoms with Crippen LogP contribution in [0.15, 0.2) is 24.3 Å². The zero-order valence-corrected chi connectivity index (χ0v) is 13.3. The van der Waals surface area contributed by atoms with E-state index >= 15 is 0 Å². The van der Waals surface area contributed by atoms with E-state index in [1.165, 1.54) is 6.07 Å². The molecule has 23 heavy (non-hydrogen) atoms. The van der Waals surface area contributed by atoms with Crippen LogP contribution in [0.3, 0.4) is 0 Å². The van der Waals surface area contributed by atoms with E-state index in [4.69, 9.17) is 10.8 Å². The minimum Gasteiger partial charge on any atom is -0.481 e. The first kappa shape index (κ1) is 17.1. The van der Waals surface area contributed by atoms with Crippen molar-refractivity contribution < 1.29 is 18.7 Å². The molecule has 2 aromatic carbocycles. The van der Waals surface area contributed by atoms with Gasteiger partial charge in [0.15, 0.2) is 11.6 Å². The Balaban J connectivity index is 2.62. The maximum atomic E-state index is 14.0. The van der Waals surface area contributed by atoms with Gasteiger partial charge in [-0.3, -0.25) is 4.79 Å². The van der Waals surface area contributed by atoms with Crippen LogP contribution in [0.1, 0.15) is 34.7 Å². The van der Waals surface area contributed by atoms with E-state index < -0.39 is 30.1 Å². The summed E-state index contributed by atoms with van der Waals surface area (Å²) >= 11 is 0. The van der Waals surface area contributed by atoms with E-state index in [-0.39, 0.29) is 5.56 Å². The molecule has 0 amide bonds. The zero-order chi connectivity index (χ0) is 17.3. The molecule has 0 spiro atoms. The van der Waals surface area contributed by atoms with E-state index in [1.54, 1.807) is 0 Å². The molecule has 122 valence electrons. The number of carboxylic acid groups (broad SMARTS) is 1. The molecule has 2 rings (SSSR count). The lowest BCUT2D eigenvalue weighted by molar-refractivity contribution is -0.137. The molecule has 0 aliphatic rings. The van der Waals surface area contributed by atoms with Crippen molar-refractivity contribution in [2.45, 2.75) is 33.2 Å². The molecule has 1 atom stereocenters. The highest BCUT2D eigenvalue weighted by Crippen LogP contribution is 2.32. The van der Waals surface area contributed by atoms with Gasteiger partial charge in [0.2, 0.25) is 0 Å². The second-order valence-corrected chi connectivity index (χ2v) is 5.84. The summed E-state index contributed by atoms with van der Waals surface area (Å²) in [5.41, 5.74) is 9.85. The SMILES string of the molecule is Cc1cc(C)c(-c2cc(F)c(F)c([C@@H](N)CC(=O)O)c2)c(C)c1. The average molecular weight is 319 g/mol. The van der Waals surface area contributed by atoms with Crippen molar-refractivity contribution in [2.24, 2.45) is 5.73 Å². The fourth-order valence-electron chi connectivity index (χ4n) is 2.96. The molecular formula is C18H19F2NO2. The molecule has 0 bridgehead atoms. The second-order valence-electron chi connectivity index (χ2n) is 5.84. The first-order chi connectivity index (χ1) is 10.7. The van der Waals surface area contributed by atoms with E-state index in [2.05, 4.69) is 0 Å². The maximum absolute atomic E-state index is 14.0. The standard InChI is InChI=1S/C18H19F2NO2/c1-9-4-10(2)17(11(3)5-9)12-6-13(15(21)8-16(22)23)18(20)14(19)7-12/h4-7,15H,8,21H2,1-3H3,(H,22,23)/t15-/m0/s1. The minimum absolute atomic E-state index is 0.123. The molecule has 0 saturated heterocycles. The number of rotatable bonds is 4. The van der Waals surface area contributed by atoms with Crippen molar-refractivity contribution in [3.63, 3.8) is 0 Å². The van der Waals surface area contributed by atoms with Crippen LogP contribution in [-0.4, -0.2) is 11.1 Å². The average Bonchev–Trinajstić information content (AvgIpc) is 2.40. The van der Waals surface area contributed by atoms with Crippen molar-refractivity contribution in [1.29, 1.82) is 0 Å². The number of nitrogens with two attached hydrogens (primary N) is 1. The van der Waals surface area contributed by atoms with Crippen LogP contribution < -0.4 is 5.73 Å². The summed E-state index contributed by atoms with van der Waals surface area (Å²) in [6.45, 7) is 5.75. The monoisotopic (exact) mass is 319 g/mol. The molecule has 0 fully saturated rings. The summed E-state index contributed by atoms with van der Waals surface area (Å²) in [5.74, 6) is -3.28. The predicted molar refractivity (Wildman–Crippen MR) is 85.2 cm³/mol. The normalized spacial score (nSPS) is 12.3. The van der Waals surface area contributed by atoms with Crippen molar-refractivity contribution >= 4 is 5.97 Å². The molecule has 0 unspecified atom stereocenters. The highest BCUT2D eigenvalue weighted by Gasteiger charge is 2.20. The van der Waals surface area contributed by atoms with Crippen LogP contribution in [0.25, 0.3) is 11.1 Å². The number of carbonyl (C=O) groups is 1. The van der Waals surface area contributed by atoms with Gasteiger partial charge in [-0.1, -0.05) is 17.7 Å². The molecule has 3 N–H and O–H groups in total. The first-order valence-electron chi connectivity index (χ1n) is 7.25. The lowest BCUT2D eigenvalue weighted by atomic mass is 9.91. The van der Waals surface area contributed by atoms with E-state index in [9.17, 15) is 13.6 Å². The van der Waals surface area contributed by atoms with Crippen molar-refractivity contribution in [2.75, 3.05) is 0 Å². The highest BCUT2D eigenvalue weighted by molar-refractivity contribution is 5.73. The van der Waals surface area contributed by atoms with Gasteiger partial charge in [0, 0.05) is 11.6 Å². The minimum atomic E-state index is -1.16. The number of benzene rings is 2. The van der Waals surface area contributed by atoms with Gasteiger partial charge in [-0.25, -0.2) is 8.78 Å². The Morgan fingerprint density at radius 3 is 2.22 bits per heavy atom. The third-order valence-electron chi connectivity index (χ3n) is 3.82. The van der Waals surface area contributed by atoms with Gasteiger partial charge < -0.3 is 10.8 Å². The summed E-state index contributed by atoms with van der Waals surface area (Å²) in [4.78, 5) is 10.8. The Morgan fingerprint density at radius 2 is 1.70 bits per heavy atom. The molecule has 0 aromatic heterocycles. The van der Waals surface area contributed by atoms with Crippen LogP contribution >= 0.6 is 0 Å². The molecule has 0 aliphatic heterocycles. The van der Waals surface area contributed by atoms with Gasteiger partial charge in [-0.05, 0) is 55.2 Å². The van der Waals surface area contributed by atoms with Crippen molar-refractivity contribution in [3.8, 4) is 11.1 Å². The summed E-state index contributed by atoms with van der Waals surface area (Å²) in [7, 11) is 0. The fraction of sp³-hybridized carbons (Fsp3) is 0.278. The van der Waals surface area contributed by atoms with Gasteiger partial charge in [0.1, 0.15) is 0 Å². The van der Waals surface area contributed by atoms with E-state index in [0.717, 1.165) is 28.3 Å². The molecule has 2 aromatic rings. The number of carboxylic acids is 1. The molecule has 0 saturated carbocycles. The molecule has 5 heteroatoms. The van der Waals surface area contributed by atoms with Crippen LogP contribution in [0.2, 0.25) is 0 Å². The summed E-state index contributed by atoms with van der Waals surface area (Å²) in [6, 6.07) is 5.38. The molecule has 0 radical (unpaired) electrons. The second kappa shape index (κ2) is 6.46. The summed E-state index contributed by atoms with van der Waals surface area (Å²) < 4.78 is 28.0. The van der Waals surface area contributed by atoms with Gasteiger partial charge in [-0.15, -0.1) is 0 Å². The molecular weight excluding hydrogens is 300 g/mol. The first-order valence-corrected chi connectivity index (χ1v) is 7.25. The van der Waals surface area contributed by atoms with E-state index in [1.807, 2.05) is 32.9 Å². The van der Waals surface area contributed by atoms with Gasteiger partial charge in [0.05, 0.1) is 6.42 Å². The Labute approximate surface area is 133 Å². The Morgan fingerprint density at radius 1 is 1.13 bits per heavy atom. The van der Waals surface area contributed by atoms with Gasteiger partial charge >= 0.3 is 5.97 Å². The number of halogens is 2. The molecule has 0 heterocycles. The topological polar surface area (TPSA) is 63.3 Å². The smallest absolute Gasteiger partial charge is 0.305 e. The number of hydrogen-bond acceptors (Lipinski definition) is 2. The predicted octanol–water partition coefficient (Wildman–Crippen LogP) is 4.03. The third kappa shape index (κ3) is 3.56. The van der Waals surface area contributed by atoms with Crippen molar-refractivity contribution in [1.82, 2.24) is 0 Å². The summed E-state index contributed by atoms with van der Waals surface area (Å²) in [5, 5.41) is 8.81. The third-order valence-corrected chi connectivity index (χ3v) is 3.82. The Kier molecular flexibility index (Phi) is 4.80. The number of hydrogen-bond donors (Lipinski definition) is 2. The van der Waals surface area contributed by atoms with Crippen molar-refractivity contribution in [3.05, 3.63) is 58.2 Å². The van der Waals surface area contributed by atoms with Crippen LogP contribution in [0, 0.1) is 32.4 Å². The number of aliphatic carboxylic acids is 1. The van der Waals surface area contributed by atoms with Crippen LogP contribution in [0.4, 0.5) is 8.78 Å². The lowest BCUT2D eigenvalue weighted by Gasteiger charge is -2.16. The van der Waals surface area contributed by atoms with Crippen LogP contribution in [-0.2, 0) is 4.79 Å². The largest absolute Gasteiger partial charge is 0.481 e. The Bertz CT molecular complexity index is 749.